The molecule has 0 unspecified atom stereocenters. The summed E-state index contributed by atoms with van der Waals surface area (Å²) in [5.74, 6) is -0.135. The lowest BCUT2D eigenvalue weighted by Crippen LogP contribution is -2.30. The zero-order valence-corrected chi connectivity index (χ0v) is 15.1. The van der Waals surface area contributed by atoms with Gasteiger partial charge in [-0.3, -0.25) is 14.6 Å². The first-order chi connectivity index (χ1) is 12.0. The average Bonchev–Trinajstić information content (AvgIpc) is 2.59. The first-order valence-electron chi connectivity index (χ1n) is 7.78. The molecule has 0 aliphatic heterocycles. The molecule has 7 heteroatoms. The van der Waals surface area contributed by atoms with Crippen LogP contribution in [0.1, 0.15) is 22.8 Å². The molecule has 1 heterocycles. The molecule has 1 aromatic heterocycles. The Morgan fingerprint density at radius 3 is 2.68 bits per heavy atom. The summed E-state index contributed by atoms with van der Waals surface area (Å²) in [6.07, 6.45) is 0. The molecule has 0 spiro atoms. The van der Waals surface area contributed by atoms with E-state index < -0.39 is 0 Å². The number of halogens is 1. The Hall–Kier alpha value is -2.44. The van der Waals surface area contributed by atoms with E-state index in [0.29, 0.717) is 34.6 Å². The molecule has 5 nitrogen and oxygen atoms in total. The number of aromatic amines is 2. The van der Waals surface area contributed by atoms with Gasteiger partial charge in [-0.25, -0.2) is 0 Å². The lowest BCUT2D eigenvalue weighted by Gasteiger charge is -2.22. The smallest absolute Gasteiger partial charge is 0.259 e. The van der Waals surface area contributed by atoms with Gasteiger partial charge in [-0.2, -0.15) is 0 Å². The molecular weight excluding hydrogens is 358 g/mol. The Morgan fingerprint density at radius 1 is 1.20 bits per heavy atom. The number of nitrogens with one attached hydrogen (secondary N) is 2. The van der Waals surface area contributed by atoms with E-state index in [2.05, 4.69) is 9.97 Å². The summed E-state index contributed by atoms with van der Waals surface area (Å²) in [5, 5.41) is 1.09. The highest BCUT2D eigenvalue weighted by Gasteiger charge is 2.16. The molecule has 0 aliphatic rings. The minimum atomic E-state index is -0.277. The number of H-pyrrole nitrogens is 2. The Morgan fingerprint density at radius 2 is 1.96 bits per heavy atom. The normalized spacial score (nSPS) is 10.8. The third-order valence-corrected chi connectivity index (χ3v) is 4.55. The first kappa shape index (κ1) is 17.4. The summed E-state index contributed by atoms with van der Waals surface area (Å²) >= 11 is 11.2. The van der Waals surface area contributed by atoms with E-state index in [0.717, 1.165) is 5.56 Å². The fourth-order valence-electron chi connectivity index (χ4n) is 2.64. The number of aromatic nitrogens is 2. The van der Waals surface area contributed by atoms with Crippen LogP contribution in [0.15, 0.2) is 47.3 Å². The van der Waals surface area contributed by atoms with Crippen molar-refractivity contribution < 1.29 is 4.79 Å². The molecule has 3 rings (SSSR count). The topological polar surface area (TPSA) is 69.0 Å². The third kappa shape index (κ3) is 3.65. The van der Waals surface area contributed by atoms with Crippen molar-refractivity contribution in [3.8, 4) is 0 Å². The summed E-state index contributed by atoms with van der Waals surface area (Å²) in [6.45, 7) is 2.86. The van der Waals surface area contributed by atoms with Gasteiger partial charge < -0.3 is 9.88 Å². The molecule has 0 radical (unpaired) electrons. The second-order valence-corrected chi connectivity index (χ2v) is 6.39. The zero-order valence-electron chi connectivity index (χ0n) is 13.5. The van der Waals surface area contributed by atoms with Gasteiger partial charge in [0.1, 0.15) is 0 Å². The van der Waals surface area contributed by atoms with Crippen molar-refractivity contribution in [2.75, 3.05) is 6.54 Å². The number of carbonyl (C=O) groups is 1. The van der Waals surface area contributed by atoms with Gasteiger partial charge in [-0.05, 0) is 49.0 Å². The Kier molecular flexibility index (Phi) is 5.01. The van der Waals surface area contributed by atoms with Crippen molar-refractivity contribution in [3.63, 3.8) is 0 Å². The third-order valence-electron chi connectivity index (χ3n) is 3.97. The van der Waals surface area contributed by atoms with E-state index in [4.69, 9.17) is 23.8 Å². The van der Waals surface area contributed by atoms with Crippen molar-refractivity contribution in [2.24, 2.45) is 0 Å². The number of nitrogens with zero attached hydrogens (tertiary/aromatic N) is 1. The molecule has 0 bridgehead atoms. The first-order valence-corrected chi connectivity index (χ1v) is 8.57. The van der Waals surface area contributed by atoms with Crippen LogP contribution in [0.5, 0.6) is 0 Å². The van der Waals surface area contributed by atoms with Crippen LogP contribution in [0.25, 0.3) is 10.9 Å². The number of hydrogen-bond acceptors (Lipinski definition) is 3. The highest BCUT2D eigenvalue weighted by Crippen LogP contribution is 2.19. The van der Waals surface area contributed by atoms with Gasteiger partial charge in [0.25, 0.3) is 11.5 Å². The second kappa shape index (κ2) is 7.21. The number of rotatable bonds is 4. The molecule has 0 aliphatic carbocycles. The lowest BCUT2D eigenvalue weighted by atomic mass is 10.1. The predicted octanol–water partition coefficient (Wildman–Crippen LogP) is 3.90. The van der Waals surface area contributed by atoms with Crippen molar-refractivity contribution >= 4 is 40.6 Å². The van der Waals surface area contributed by atoms with Crippen LogP contribution in [0.4, 0.5) is 0 Å². The van der Waals surface area contributed by atoms with Crippen molar-refractivity contribution in [2.45, 2.75) is 13.5 Å². The summed E-state index contributed by atoms with van der Waals surface area (Å²) in [6, 6.07) is 12.4. The van der Waals surface area contributed by atoms with Gasteiger partial charge in [-0.1, -0.05) is 29.8 Å². The van der Waals surface area contributed by atoms with Gasteiger partial charge in [0.15, 0.2) is 4.77 Å². The van der Waals surface area contributed by atoms with Crippen LogP contribution in [0.2, 0.25) is 5.02 Å². The Balaban J connectivity index is 1.95. The molecule has 25 heavy (non-hydrogen) atoms. The number of carbonyl (C=O) groups excluding carboxylic acids is 1. The fourth-order valence-corrected chi connectivity index (χ4v) is 3.04. The maximum Gasteiger partial charge on any atom is 0.259 e. The molecule has 2 N–H and O–H groups in total. The van der Waals surface area contributed by atoms with Crippen molar-refractivity contribution in [1.82, 2.24) is 14.9 Å². The van der Waals surface area contributed by atoms with Crippen LogP contribution in [-0.4, -0.2) is 27.3 Å². The van der Waals surface area contributed by atoms with E-state index >= 15 is 0 Å². The van der Waals surface area contributed by atoms with Crippen LogP contribution in [0, 0.1) is 4.77 Å². The van der Waals surface area contributed by atoms with Gasteiger partial charge >= 0.3 is 0 Å². The van der Waals surface area contributed by atoms with E-state index in [1.54, 1.807) is 29.2 Å². The standard InChI is InChI=1S/C18H16ClN3O2S/c1-2-22(10-12-5-3-4-6-14(12)19)17(24)11-7-8-13-15(9-11)20-18(25)21-16(13)23/h3-9H,2,10H2,1H3,(H2,20,21,23,25). The number of amides is 1. The quantitative estimate of drug-likeness (QED) is 0.681. The summed E-state index contributed by atoms with van der Waals surface area (Å²) < 4.78 is 0.227. The largest absolute Gasteiger partial charge is 0.335 e. The molecular formula is C18H16ClN3O2S. The molecule has 2 aromatic carbocycles. The van der Waals surface area contributed by atoms with Gasteiger partial charge in [-0.15, -0.1) is 0 Å². The molecule has 1 amide bonds. The summed E-state index contributed by atoms with van der Waals surface area (Å²) in [7, 11) is 0. The van der Waals surface area contributed by atoms with Gasteiger partial charge in [0.2, 0.25) is 0 Å². The Bertz CT molecular complexity index is 1060. The lowest BCUT2D eigenvalue weighted by molar-refractivity contribution is 0.0753. The molecule has 0 fully saturated rings. The molecule has 3 aromatic rings. The molecule has 0 atom stereocenters. The van der Waals surface area contributed by atoms with E-state index in [1.807, 2.05) is 25.1 Å². The predicted molar refractivity (Wildman–Crippen MR) is 102 cm³/mol. The Labute approximate surface area is 154 Å². The van der Waals surface area contributed by atoms with Gasteiger partial charge in [0.05, 0.1) is 10.9 Å². The highest BCUT2D eigenvalue weighted by atomic mass is 35.5. The fraction of sp³-hybridized carbons (Fsp3) is 0.167. The van der Waals surface area contributed by atoms with Crippen LogP contribution in [-0.2, 0) is 6.54 Å². The minimum absolute atomic E-state index is 0.135. The summed E-state index contributed by atoms with van der Waals surface area (Å²) in [5.41, 5.74) is 1.63. The van der Waals surface area contributed by atoms with Crippen LogP contribution in [0.3, 0.4) is 0 Å². The molecule has 0 saturated carbocycles. The molecule has 0 saturated heterocycles. The monoisotopic (exact) mass is 373 g/mol. The average molecular weight is 374 g/mol. The number of benzene rings is 2. The SMILES string of the molecule is CCN(Cc1ccccc1Cl)C(=O)c1ccc2c(=O)[nH]c(=S)[nH]c2c1. The summed E-state index contributed by atoms with van der Waals surface area (Å²) in [4.78, 5) is 31.9. The van der Waals surface area contributed by atoms with E-state index in [1.165, 1.54) is 0 Å². The van der Waals surface area contributed by atoms with Crippen LogP contribution >= 0.6 is 23.8 Å². The molecule has 128 valence electrons. The maximum atomic E-state index is 12.9. The van der Waals surface area contributed by atoms with E-state index in [9.17, 15) is 9.59 Å². The number of hydrogen-bond donors (Lipinski definition) is 2. The maximum absolute atomic E-state index is 12.9. The second-order valence-electron chi connectivity index (χ2n) is 5.58. The highest BCUT2D eigenvalue weighted by molar-refractivity contribution is 7.71. The van der Waals surface area contributed by atoms with Crippen molar-refractivity contribution in [3.05, 3.63) is 73.7 Å². The van der Waals surface area contributed by atoms with E-state index in [-0.39, 0.29) is 16.2 Å². The number of fused-ring (bicyclic) bond motifs is 1. The minimum Gasteiger partial charge on any atom is -0.335 e. The van der Waals surface area contributed by atoms with Crippen molar-refractivity contribution in [1.29, 1.82) is 0 Å². The van der Waals surface area contributed by atoms with Crippen LogP contribution < -0.4 is 5.56 Å². The zero-order chi connectivity index (χ0) is 18.0. The van der Waals surface area contributed by atoms with Gasteiger partial charge in [0, 0.05) is 23.7 Å².